The minimum Gasteiger partial charge on any atom is -0.312 e. The Labute approximate surface area is 96.2 Å². The second-order valence-electron chi connectivity index (χ2n) is 2.77. The van der Waals surface area contributed by atoms with E-state index >= 15 is 0 Å². The summed E-state index contributed by atoms with van der Waals surface area (Å²) < 4.78 is 1.31. The van der Waals surface area contributed by atoms with Crippen LogP contribution in [0, 0.1) is 10.1 Å². The van der Waals surface area contributed by atoms with Crippen molar-refractivity contribution in [3.8, 4) is 5.82 Å². The topological polar surface area (TPSA) is 107 Å². The summed E-state index contributed by atoms with van der Waals surface area (Å²) >= 11 is 3.03. The van der Waals surface area contributed by atoms with Crippen LogP contribution < -0.4 is 5.56 Å². The number of H-pyrrole nitrogens is 1. The number of rotatable bonds is 2. The molecule has 0 radical (unpaired) electrons. The average molecular weight is 286 g/mol. The molecule has 0 bridgehead atoms. The molecule has 0 aromatic carbocycles. The van der Waals surface area contributed by atoms with Crippen LogP contribution in [0.25, 0.3) is 5.82 Å². The number of nitrogens with zero attached hydrogens (tertiary/aromatic N) is 4. The van der Waals surface area contributed by atoms with E-state index in [1.165, 1.54) is 12.5 Å². The van der Waals surface area contributed by atoms with Gasteiger partial charge in [-0.05, 0) is 15.9 Å². The Bertz CT molecular complexity index is 604. The number of nitrogens with one attached hydrogen (secondary N) is 1. The maximum atomic E-state index is 11.2. The van der Waals surface area contributed by atoms with Crippen LogP contribution in [0.3, 0.4) is 0 Å². The Morgan fingerprint density at radius 1 is 1.56 bits per heavy atom. The third-order valence-corrected chi connectivity index (χ3v) is 2.49. The molecule has 8 nitrogen and oxygen atoms in total. The van der Waals surface area contributed by atoms with E-state index in [9.17, 15) is 14.9 Å². The molecule has 1 N–H and O–H groups in total. The zero-order chi connectivity index (χ0) is 11.7. The molecule has 2 heterocycles. The van der Waals surface area contributed by atoms with E-state index < -0.39 is 4.92 Å². The van der Waals surface area contributed by atoms with Crippen molar-refractivity contribution >= 4 is 21.6 Å². The monoisotopic (exact) mass is 285 g/mol. The quantitative estimate of drug-likeness (QED) is 0.643. The van der Waals surface area contributed by atoms with Gasteiger partial charge in [-0.15, -0.1) is 0 Å². The summed E-state index contributed by atoms with van der Waals surface area (Å²) in [5.74, 6) is 0.192. The normalized spacial score (nSPS) is 10.3. The average Bonchev–Trinajstić information content (AvgIpc) is 2.71. The van der Waals surface area contributed by atoms with E-state index in [2.05, 4.69) is 31.0 Å². The minimum atomic E-state index is -0.579. The first-order valence-electron chi connectivity index (χ1n) is 4.02. The summed E-state index contributed by atoms with van der Waals surface area (Å²) in [6.07, 6.45) is 3.44. The lowest BCUT2D eigenvalue weighted by Gasteiger charge is -1.99. The van der Waals surface area contributed by atoms with Crippen molar-refractivity contribution in [1.82, 2.24) is 19.7 Å². The standard InChI is InChI=1S/C7H4BrN5O3/c8-5-6(9-3-10-7(5)14)12-2-4(1-11-12)13(15)16/h1-3H,(H,9,10,14). The zero-order valence-corrected chi connectivity index (χ0v) is 9.21. The molecule has 0 unspecified atom stereocenters. The van der Waals surface area contributed by atoms with Crippen molar-refractivity contribution in [3.05, 3.63) is 43.7 Å². The van der Waals surface area contributed by atoms with Gasteiger partial charge >= 0.3 is 5.69 Å². The van der Waals surface area contributed by atoms with E-state index in [0.29, 0.717) is 0 Å². The van der Waals surface area contributed by atoms with Crippen molar-refractivity contribution in [2.45, 2.75) is 0 Å². The number of nitro groups is 1. The predicted octanol–water partition coefficient (Wildman–Crippen LogP) is 0.626. The smallest absolute Gasteiger partial charge is 0.307 e. The predicted molar refractivity (Wildman–Crippen MR) is 56.3 cm³/mol. The van der Waals surface area contributed by atoms with Crippen LogP contribution in [0.2, 0.25) is 0 Å². The molecule has 2 aromatic rings. The highest BCUT2D eigenvalue weighted by atomic mass is 79.9. The van der Waals surface area contributed by atoms with Crippen LogP contribution in [0.15, 0.2) is 28.0 Å². The highest BCUT2D eigenvalue weighted by Gasteiger charge is 2.13. The molecule has 0 atom stereocenters. The van der Waals surface area contributed by atoms with Gasteiger partial charge in [0, 0.05) is 0 Å². The summed E-state index contributed by atoms with van der Waals surface area (Å²) in [5.41, 5.74) is -0.558. The fraction of sp³-hybridized carbons (Fsp3) is 0. The van der Waals surface area contributed by atoms with Gasteiger partial charge in [-0.25, -0.2) is 9.67 Å². The van der Waals surface area contributed by atoms with Gasteiger partial charge in [0.2, 0.25) is 0 Å². The Balaban J connectivity index is 2.55. The number of aromatic nitrogens is 4. The molecule has 0 saturated carbocycles. The van der Waals surface area contributed by atoms with Crippen LogP contribution in [-0.4, -0.2) is 24.7 Å². The van der Waals surface area contributed by atoms with Crippen LogP contribution in [0.5, 0.6) is 0 Å². The fourth-order valence-electron chi connectivity index (χ4n) is 1.06. The Morgan fingerprint density at radius 2 is 2.31 bits per heavy atom. The zero-order valence-electron chi connectivity index (χ0n) is 7.62. The lowest BCUT2D eigenvalue weighted by atomic mass is 10.5. The molecule has 16 heavy (non-hydrogen) atoms. The maximum absolute atomic E-state index is 11.2. The first kappa shape index (κ1) is 10.5. The molecule has 2 aromatic heterocycles. The molecule has 2 rings (SSSR count). The molecule has 0 saturated heterocycles. The highest BCUT2D eigenvalue weighted by molar-refractivity contribution is 9.10. The third-order valence-electron chi connectivity index (χ3n) is 1.77. The number of hydrogen-bond donors (Lipinski definition) is 1. The van der Waals surface area contributed by atoms with Crippen molar-refractivity contribution in [2.24, 2.45) is 0 Å². The van der Waals surface area contributed by atoms with E-state index in [0.717, 1.165) is 10.9 Å². The van der Waals surface area contributed by atoms with Crippen LogP contribution >= 0.6 is 15.9 Å². The van der Waals surface area contributed by atoms with Gasteiger partial charge in [0.25, 0.3) is 5.56 Å². The van der Waals surface area contributed by atoms with Crippen LogP contribution in [-0.2, 0) is 0 Å². The van der Waals surface area contributed by atoms with Gasteiger partial charge in [0.05, 0.1) is 11.3 Å². The van der Waals surface area contributed by atoms with Gasteiger partial charge in [-0.3, -0.25) is 14.9 Å². The fourth-order valence-corrected chi connectivity index (χ4v) is 1.46. The molecule has 9 heteroatoms. The molecule has 82 valence electrons. The molecule has 0 spiro atoms. The lowest BCUT2D eigenvalue weighted by molar-refractivity contribution is -0.384. The van der Waals surface area contributed by atoms with E-state index in [1.807, 2.05) is 0 Å². The molecule has 0 aliphatic heterocycles. The second-order valence-corrected chi connectivity index (χ2v) is 3.56. The summed E-state index contributed by atoms with van der Waals surface area (Å²) in [6.45, 7) is 0. The van der Waals surface area contributed by atoms with Gasteiger partial charge < -0.3 is 4.98 Å². The first-order valence-corrected chi connectivity index (χ1v) is 4.81. The summed E-state index contributed by atoms with van der Waals surface area (Å²) in [6, 6.07) is 0. The minimum absolute atomic E-state index is 0.160. The van der Waals surface area contributed by atoms with Crippen LogP contribution in [0.4, 0.5) is 5.69 Å². The van der Waals surface area contributed by atoms with Crippen molar-refractivity contribution < 1.29 is 4.92 Å². The molecule has 0 amide bonds. The summed E-state index contributed by atoms with van der Waals surface area (Å²) in [7, 11) is 0. The van der Waals surface area contributed by atoms with Gasteiger partial charge in [-0.2, -0.15) is 5.10 Å². The Morgan fingerprint density at radius 3 is 2.94 bits per heavy atom. The number of halogens is 1. The molecular formula is C7H4BrN5O3. The highest BCUT2D eigenvalue weighted by Crippen LogP contribution is 2.15. The molecular weight excluding hydrogens is 282 g/mol. The SMILES string of the molecule is O=c1[nH]cnc(-n2cc([N+](=O)[O-])cn2)c1Br. The van der Waals surface area contributed by atoms with Crippen molar-refractivity contribution in [2.75, 3.05) is 0 Å². The van der Waals surface area contributed by atoms with Gasteiger partial charge in [0.15, 0.2) is 5.82 Å². The van der Waals surface area contributed by atoms with Gasteiger partial charge in [-0.1, -0.05) is 0 Å². The first-order chi connectivity index (χ1) is 7.59. The van der Waals surface area contributed by atoms with E-state index in [-0.39, 0.29) is 21.5 Å². The summed E-state index contributed by atoms with van der Waals surface area (Å²) in [4.78, 5) is 27.3. The lowest BCUT2D eigenvalue weighted by Crippen LogP contribution is -2.12. The molecule has 0 aliphatic carbocycles. The number of aromatic amines is 1. The van der Waals surface area contributed by atoms with E-state index in [4.69, 9.17) is 0 Å². The van der Waals surface area contributed by atoms with Gasteiger partial charge in [0.1, 0.15) is 16.9 Å². The second kappa shape index (κ2) is 3.85. The molecule has 0 aliphatic rings. The maximum Gasteiger partial charge on any atom is 0.307 e. The van der Waals surface area contributed by atoms with Crippen molar-refractivity contribution in [3.63, 3.8) is 0 Å². The van der Waals surface area contributed by atoms with E-state index in [1.54, 1.807) is 0 Å². The third kappa shape index (κ3) is 1.72. The summed E-state index contributed by atoms with van der Waals surface area (Å²) in [5, 5.41) is 14.2. The Hall–Kier alpha value is -2.03. The van der Waals surface area contributed by atoms with Crippen LogP contribution in [0.1, 0.15) is 0 Å². The largest absolute Gasteiger partial charge is 0.312 e. The Kier molecular flexibility index (Phi) is 2.52. The number of hydrogen-bond acceptors (Lipinski definition) is 5. The van der Waals surface area contributed by atoms with Crippen molar-refractivity contribution in [1.29, 1.82) is 0 Å². The molecule has 0 fully saturated rings.